The fourth-order valence-electron chi connectivity index (χ4n) is 4.95. The van der Waals surface area contributed by atoms with Crippen LogP contribution in [0.1, 0.15) is 38.8 Å². The highest BCUT2D eigenvalue weighted by molar-refractivity contribution is 5.97. The Morgan fingerprint density at radius 1 is 1.07 bits per heavy atom. The van der Waals surface area contributed by atoms with Gasteiger partial charge in [0.05, 0.1) is 17.7 Å². The summed E-state index contributed by atoms with van der Waals surface area (Å²) in [5.41, 5.74) is -4.37. The summed E-state index contributed by atoms with van der Waals surface area (Å²) in [5.74, 6) is -6.28. The van der Waals surface area contributed by atoms with Crippen LogP contribution in [0.25, 0.3) is 11.1 Å². The maximum absolute atomic E-state index is 14.9. The molecule has 1 fully saturated rings. The molecular formula is C29H25F8N3O5. The Labute approximate surface area is 249 Å². The Hall–Kier alpha value is -4.31. The molecule has 45 heavy (non-hydrogen) atoms. The average Bonchev–Trinajstić information content (AvgIpc) is 2.94. The minimum Gasteiger partial charge on any atom is -0.480 e. The van der Waals surface area contributed by atoms with Crippen LogP contribution in [0.15, 0.2) is 47.3 Å². The zero-order chi connectivity index (χ0) is 33.4. The van der Waals surface area contributed by atoms with Gasteiger partial charge < -0.3 is 25.0 Å². The lowest BCUT2D eigenvalue weighted by molar-refractivity contribution is -0.197. The van der Waals surface area contributed by atoms with E-state index in [0.29, 0.717) is 12.1 Å². The highest BCUT2D eigenvalue weighted by Gasteiger charge is 2.47. The number of hydrogen-bond donors (Lipinski definition) is 3. The second kappa shape index (κ2) is 12.6. The number of carbonyl (C=O) groups excluding carboxylic acids is 1. The SMILES string of the molecule is Cc1cc(C(F)(F)F)c(-c2ccc(CC(NC(=O)c3c(F)cc(C4OCCNC4C(F)(F)F)cc3F)C(=O)O)cc2)c(=O)n1C. The van der Waals surface area contributed by atoms with Crippen molar-refractivity contribution in [1.82, 2.24) is 15.2 Å². The van der Waals surface area contributed by atoms with Crippen molar-refractivity contribution in [3.05, 3.63) is 92.4 Å². The van der Waals surface area contributed by atoms with Crippen molar-refractivity contribution < 1.29 is 54.6 Å². The molecule has 0 radical (unpaired) electrons. The average molecular weight is 648 g/mol. The summed E-state index contributed by atoms with van der Waals surface area (Å²) in [6, 6.07) is 2.50. The van der Waals surface area contributed by atoms with Gasteiger partial charge in [0.2, 0.25) is 0 Å². The number of rotatable bonds is 7. The van der Waals surface area contributed by atoms with Crippen LogP contribution in [0, 0.1) is 18.6 Å². The first kappa shape index (κ1) is 33.6. The van der Waals surface area contributed by atoms with Gasteiger partial charge in [-0.25, -0.2) is 13.6 Å². The molecule has 0 saturated carbocycles. The van der Waals surface area contributed by atoms with Gasteiger partial charge in [0.1, 0.15) is 35.4 Å². The van der Waals surface area contributed by atoms with Gasteiger partial charge in [0.15, 0.2) is 0 Å². The molecule has 0 aliphatic carbocycles. The van der Waals surface area contributed by atoms with E-state index in [2.05, 4.69) is 5.32 Å². The Balaban J connectivity index is 1.56. The molecule has 3 aromatic rings. The minimum absolute atomic E-state index is 0.0695. The Morgan fingerprint density at radius 2 is 1.67 bits per heavy atom. The van der Waals surface area contributed by atoms with Crippen LogP contribution in [0.2, 0.25) is 0 Å². The van der Waals surface area contributed by atoms with Crippen molar-refractivity contribution in [2.75, 3.05) is 13.2 Å². The normalized spacial score (nSPS) is 18.0. The summed E-state index contributed by atoms with van der Waals surface area (Å²) in [4.78, 5) is 37.3. The van der Waals surface area contributed by atoms with Gasteiger partial charge >= 0.3 is 18.3 Å². The molecule has 2 aromatic carbocycles. The molecule has 1 amide bonds. The van der Waals surface area contributed by atoms with Crippen LogP contribution in [-0.2, 0) is 29.2 Å². The van der Waals surface area contributed by atoms with Crippen LogP contribution in [0.5, 0.6) is 0 Å². The number of hydrogen-bond acceptors (Lipinski definition) is 5. The van der Waals surface area contributed by atoms with E-state index in [-0.39, 0.29) is 30.0 Å². The van der Waals surface area contributed by atoms with E-state index in [1.165, 1.54) is 26.1 Å². The summed E-state index contributed by atoms with van der Waals surface area (Å²) in [5, 5.41) is 13.8. The van der Waals surface area contributed by atoms with Gasteiger partial charge in [-0.15, -0.1) is 0 Å². The van der Waals surface area contributed by atoms with Gasteiger partial charge in [-0.3, -0.25) is 9.59 Å². The number of pyridine rings is 1. The van der Waals surface area contributed by atoms with E-state index in [1.54, 1.807) is 0 Å². The number of benzene rings is 2. The van der Waals surface area contributed by atoms with Crippen molar-refractivity contribution >= 4 is 11.9 Å². The van der Waals surface area contributed by atoms with Gasteiger partial charge in [0, 0.05) is 25.7 Å². The minimum atomic E-state index is -4.85. The number of carboxylic acid groups (broad SMARTS) is 1. The second-order valence-electron chi connectivity index (χ2n) is 10.3. The first-order valence-corrected chi connectivity index (χ1v) is 13.2. The molecule has 3 atom stereocenters. The summed E-state index contributed by atoms with van der Waals surface area (Å²) in [6.45, 7) is 0.987. The topological polar surface area (TPSA) is 110 Å². The highest BCUT2D eigenvalue weighted by Crippen LogP contribution is 2.37. The van der Waals surface area contributed by atoms with Crippen molar-refractivity contribution in [3.8, 4) is 11.1 Å². The molecule has 1 saturated heterocycles. The maximum Gasteiger partial charge on any atom is 0.417 e. The van der Waals surface area contributed by atoms with Gasteiger partial charge in [0.25, 0.3) is 11.5 Å². The number of carbonyl (C=O) groups is 2. The number of ether oxygens (including phenoxy) is 1. The predicted molar refractivity (Wildman–Crippen MR) is 142 cm³/mol. The summed E-state index contributed by atoms with van der Waals surface area (Å²) in [6.07, 6.45) is -12.0. The number of aromatic nitrogens is 1. The van der Waals surface area contributed by atoms with Crippen LogP contribution < -0.4 is 16.2 Å². The summed E-state index contributed by atoms with van der Waals surface area (Å²) < 4.78 is 117. The largest absolute Gasteiger partial charge is 0.480 e. The maximum atomic E-state index is 14.9. The van der Waals surface area contributed by atoms with Gasteiger partial charge in [-0.1, -0.05) is 24.3 Å². The molecule has 1 aliphatic rings. The number of morpholine rings is 1. The number of halogens is 8. The second-order valence-corrected chi connectivity index (χ2v) is 10.3. The van der Waals surface area contributed by atoms with E-state index in [4.69, 9.17) is 4.74 Å². The molecule has 4 rings (SSSR count). The third kappa shape index (κ3) is 7.17. The molecule has 16 heteroatoms. The van der Waals surface area contributed by atoms with E-state index in [0.717, 1.165) is 22.8 Å². The zero-order valence-corrected chi connectivity index (χ0v) is 23.4. The molecule has 0 spiro atoms. The Morgan fingerprint density at radius 3 is 2.20 bits per heavy atom. The standard InChI is InChI=1S/C29H25F8N3O5/c1-13-9-17(28(32,33)34)21(26(42)40(13)2)15-5-3-14(4-6-15)10-20(27(43)44)39-25(41)22-18(30)11-16(12-19(22)31)23-24(29(35,36)37)38-7-8-45-23/h3-6,9,11-12,20,23-24,38H,7-8,10H2,1-2H3,(H,39,41)(H,43,44). The third-order valence-corrected chi connectivity index (χ3v) is 7.30. The van der Waals surface area contributed by atoms with E-state index < -0.39 is 88.3 Å². The lowest BCUT2D eigenvalue weighted by Gasteiger charge is -2.34. The van der Waals surface area contributed by atoms with Crippen LogP contribution in [-0.4, -0.2) is 53.0 Å². The number of nitrogens with one attached hydrogen (secondary N) is 2. The smallest absolute Gasteiger partial charge is 0.417 e. The van der Waals surface area contributed by atoms with Crippen molar-refractivity contribution in [3.63, 3.8) is 0 Å². The number of aliphatic carboxylic acids is 1. The Bertz CT molecular complexity index is 1650. The predicted octanol–water partition coefficient (Wildman–Crippen LogP) is 4.68. The van der Waals surface area contributed by atoms with Crippen molar-refractivity contribution in [1.29, 1.82) is 0 Å². The van der Waals surface area contributed by atoms with Crippen LogP contribution in [0.4, 0.5) is 35.1 Å². The molecular weight excluding hydrogens is 622 g/mol. The molecule has 242 valence electrons. The highest BCUT2D eigenvalue weighted by atomic mass is 19.4. The fraction of sp³-hybridized carbons (Fsp3) is 0.345. The molecule has 3 N–H and O–H groups in total. The van der Waals surface area contributed by atoms with Gasteiger partial charge in [-0.2, -0.15) is 26.3 Å². The van der Waals surface area contributed by atoms with Crippen molar-refractivity contribution in [2.45, 2.75) is 43.9 Å². The number of amides is 1. The molecule has 3 unspecified atom stereocenters. The van der Waals surface area contributed by atoms with E-state index >= 15 is 0 Å². The summed E-state index contributed by atoms with van der Waals surface area (Å²) >= 11 is 0. The van der Waals surface area contributed by atoms with E-state index in [9.17, 15) is 54.6 Å². The number of aryl methyl sites for hydroxylation is 1. The quantitative estimate of drug-likeness (QED) is 0.322. The Kier molecular flexibility index (Phi) is 9.40. The first-order chi connectivity index (χ1) is 20.9. The number of carboxylic acids is 1. The van der Waals surface area contributed by atoms with Crippen LogP contribution in [0.3, 0.4) is 0 Å². The molecule has 2 heterocycles. The number of nitrogens with zero attached hydrogens (tertiary/aromatic N) is 1. The van der Waals surface area contributed by atoms with Crippen molar-refractivity contribution in [2.24, 2.45) is 7.05 Å². The number of alkyl halides is 6. The summed E-state index contributed by atoms with van der Waals surface area (Å²) in [7, 11) is 1.30. The first-order valence-electron chi connectivity index (χ1n) is 13.2. The van der Waals surface area contributed by atoms with Crippen LogP contribution >= 0.6 is 0 Å². The zero-order valence-electron chi connectivity index (χ0n) is 23.4. The lowest BCUT2D eigenvalue weighted by atomic mass is 9.97. The monoisotopic (exact) mass is 647 g/mol. The third-order valence-electron chi connectivity index (χ3n) is 7.30. The van der Waals surface area contributed by atoms with Gasteiger partial charge in [-0.05, 0) is 41.8 Å². The lowest BCUT2D eigenvalue weighted by Crippen LogP contribution is -2.52. The fourth-order valence-corrected chi connectivity index (χ4v) is 4.95. The van der Waals surface area contributed by atoms with E-state index in [1.807, 2.05) is 5.32 Å². The molecule has 1 aromatic heterocycles. The molecule has 0 bridgehead atoms. The molecule has 8 nitrogen and oxygen atoms in total. The molecule has 1 aliphatic heterocycles.